The number of ketones is 1. The topological polar surface area (TPSA) is 32.9 Å². The van der Waals surface area contributed by atoms with E-state index in [2.05, 4.69) is 11.1 Å². The van der Waals surface area contributed by atoms with Crippen LogP contribution in [0.5, 0.6) is 0 Å². The molecule has 88 valence electrons. The number of aryl methyl sites for hydroxylation is 1. The van der Waals surface area contributed by atoms with Crippen LogP contribution in [-0.4, -0.2) is 10.8 Å². The first-order valence-corrected chi connectivity index (χ1v) is 5.93. The fraction of sp³-hybridized carbons (Fsp3) is 0.0625. The highest BCUT2D eigenvalue weighted by molar-refractivity contribution is 6.15. The van der Waals surface area contributed by atoms with E-state index in [-0.39, 0.29) is 5.78 Å². The van der Waals surface area contributed by atoms with Crippen LogP contribution in [0.1, 0.15) is 21.5 Å². The number of rotatable bonds is 2. The molecule has 0 unspecified atom stereocenters. The molecular weight excluding hydrogens is 222 g/mol. The van der Waals surface area contributed by atoms with Gasteiger partial charge in [0.15, 0.2) is 5.78 Å². The van der Waals surface area contributed by atoms with E-state index in [9.17, 15) is 4.79 Å². The molecule has 3 aromatic rings. The lowest BCUT2D eigenvalue weighted by Gasteiger charge is -2.04. The number of aromatic amines is 1. The van der Waals surface area contributed by atoms with Crippen molar-refractivity contribution in [3.05, 3.63) is 71.4 Å². The summed E-state index contributed by atoms with van der Waals surface area (Å²) in [6.45, 7) is 2.01. The second-order valence-electron chi connectivity index (χ2n) is 4.45. The van der Waals surface area contributed by atoms with Gasteiger partial charge in [0, 0.05) is 22.7 Å². The molecule has 0 bridgehead atoms. The standard InChI is InChI=1S/C16H13NO/c1-11-9-13-7-8-17-15(13)14(10-11)16(18)12-5-3-2-4-6-12/h2-10,17H,1H3. The molecule has 0 spiro atoms. The molecular formula is C16H13NO. The normalized spacial score (nSPS) is 10.7. The lowest BCUT2D eigenvalue weighted by Crippen LogP contribution is -2.02. The van der Waals surface area contributed by atoms with Crippen molar-refractivity contribution in [1.29, 1.82) is 0 Å². The van der Waals surface area contributed by atoms with Crippen molar-refractivity contribution in [2.45, 2.75) is 6.92 Å². The van der Waals surface area contributed by atoms with Gasteiger partial charge in [-0.3, -0.25) is 4.79 Å². The van der Waals surface area contributed by atoms with Crippen LogP contribution in [0, 0.1) is 6.92 Å². The van der Waals surface area contributed by atoms with Gasteiger partial charge in [-0.05, 0) is 30.7 Å². The maximum Gasteiger partial charge on any atom is 0.195 e. The smallest absolute Gasteiger partial charge is 0.195 e. The van der Waals surface area contributed by atoms with Gasteiger partial charge in [0.05, 0.1) is 5.52 Å². The number of benzene rings is 2. The zero-order valence-corrected chi connectivity index (χ0v) is 10.1. The molecule has 2 aromatic carbocycles. The average molecular weight is 235 g/mol. The molecule has 0 atom stereocenters. The quantitative estimate of drug-likeness (QED) is 0.675. The van der Waals surface area contributed by atoms with E-state index in [0.29, 0.717) is 0 Å². The Labute approximate surface area is 105 Å². The van der Waals surface area contributed by atoms with Gasteiger partial charge in [-0.15, -0.1) is 0 Å². The van der Waals surface area contributed by atoms with Gasteiger partial charge < -0.3 is 4.98 Å². The highest BCUT2D eigenvalue weighted by Crippen LogP contribution is 2.22. The van der Waals surface area contributed by atoms with E-state index < -0.39 is 0 Å². The third-order valence-corrected chi connectivity index (χ3v) is 3.08. The molecule has 0 aliphatic carbocycles. The minimum absolute atomic E-state index is 0.0618. The van der Waals surface area contributed by atoms with E-state index in [1.807, 2.05) is 55.6 Å². The summed E-state index contributed by atoms with van der Waals surface area (Å²) in [4.78, 5) is 15.6. The van der Waals surface area contributed by atoms with Crippen LogP contribution in [0.2, 0.25) is 0 Å². The number of aromatic nitrogens is 1. The van der Waals surface area contributed by atoms with Crippen molar-refractivity contribution in [2.75, 3.05) is 0 Å². The number of hydrogen-bond acceptors (Lipinski definition) is 1. The molecule has 0 amide bonds. The molecule has 3 rings (SSSR count). The van der Waals surface area contributed by atoms with Crippen molar-refractivity contribution in [3.63, 3.8) is 0 Å². The second kappa shape index (κ2) is 4.15. The summed E-state index contributed by atoms with van der Waals surface area (Å²) in [5.41, 5.74) is 3.47. The fourth-order valence-corrected chi connectivity index (χ4v) is 2.25. The van der Waals surface area contributed by atoms with E-state index in [4.69, 9.17) is 0 Å². The molecule has 0 aliphatic heterocycles. The van der Waals surface area contributed by atoms with Crippen LogP contribution in [0.15, 0.2) is 54.7 Å². The Balaban J connectivity index is 2.20. The van der Waals surface area contributed by atoms with Crippen LogP contribution in [-0.2, 0) is 0 Å². The summed E-state index contributed by atoms with van der Waals surface area (Å²) in [5.74, 6) is 0.0618. The molecule has 1 heterocycles. The number of carbonyl (C=O) groups excluding carboxylic acids is 1. The van der Waals surface area contributed by atoms with E-state index in [1.54, 1.807) is 0 Å². The number of fused-ring (bicyclic) bond motifs is 1. The van der Waals surface area contributed by atoms with Crippen LogP contribution >= 0.6 is 0 Å². The predicted octanol–water partition coefficient (Wildman–Crippen LogP) is 3.71. The Morgan fingerprint density at radius 3 is 2.61 bits per heavy atom. The summed E-state index contributed by atoms with van der Waals surface area (Å²) in [6, 6.07) is 15.4. The van der Waals surface area contributed by atoms with Gasteiger partial charge in [0.2, 0.25) is 0 Å². The maximum absolute atomic E-state index is 12.5. The molecule has 2 nitrogen and oxygen atoms in total. The first-order chi connectivity index (χ1) is 8.75. The third-order valence-electron chi connectivity index (χ3n) is 3.08. The molecule has 2 heteroatoms. The zero-order chi connectivity index (χ0) is 12.5. The van der Waals surface area contributed by atoms with Crippen LogP contribution in [0.3, 0.4) is 0 Å². The maximum atomic E-state index is 12.5. The van der Waals surface area contributed by atoms with Gasteiger partial charge in [-0.25, -0.2) is 0 Å². The number of nitrogens with one attached hydrogen (secondary N) is 1. The average Bonchev–Trinajstić information content (AvgIpc) is 2.86. The zero-order valence-electron chi connectivity index (χ0n) is 10.1. The molecule has 0 radical (unpaired) electrons. The number of carbonyl (C=O) groups is 1. The van der Waals surface area contributed by atoms with Gasteiger partial charge in [-0.1, -0.05) is 30.3 Å². The fourth-order valence-electron chi connectivity index (χ4n) is 2.25. The van der Waals surface area contributed by atoms with E-state index >= 15 is 0 Å². The van der Waals surface area contributed by atoms with Gasteiger partial charge in [0.1, 0.15) is 0 Å². The predicted molar refractivity (Wildman–Crippen MR) is 72.9 cm³/mol. The third kappa shape index (κ3) is 1.72. The highest BCUT2D eigenvalue weighted by Gasteiger charge is 2.13. The van der Waals surface area contributed by atoms with Crippen molar-refractivity contribution in [2.24, 2.45) is 0 Å². The lowest BCUT2D eigenvalue weighted by atomic mass is 9.99. The highest BCUT2D eigenvalue weighted by atomic mass is 16.1. The van der Waals surface area contributed by atoms with E-state index in [1.165, 1.54) is 0 Å². The molecule has 0 aliphatic rings. The SMILES string of the molecule is Cc1cc(C(=O)c2ccccc2)c2[nH]ccc2c1. The van der Waals surface area contributed by atoms with Crippen molar-refractivity contribution in [1.82, 2.24) is 4.98 Å². The van der Waals surface area contributed by atoms with Gasteiger partial charge in [0.25, 0.3) is 0 Å². The van der Waals surface area contributed by atoms with Crippen molar-refractivity contribution < 1.29 is 4.79 Å². The molecule has 1 aromatic heterocycles. The molecule has 0 saturated carbocycles. The van der Waals surface area contributed by atoms with Crippen LogP contribution in [0.25, 0.3) is 10.9 Å². The van der Waals surface area contributed by atoms with Crippen LogP contribution < -0.4 is 0 Å². The Hall–Kier alpha value is -2.35. The minimum atomic E-state index is 0.0618. The van der Waals surface area contributed by atoms with Gasteiger partial charge >= 0.3 is 0 Å². The Morgan fingerprint density at radius 1 is 1.06 bits per heavy atom. The monoisotopic (exact) mass is 235 g/mol. The number of hydrogen-bond donors (Lipinski definition) is 1. The molecule has 0 fully saturated rings. The second-order valence-corrected chi connectivity index (χ2v) is 4.45. The first kappa shape index (κ1) is 10.8. The molecule has 1 N–H and O–H groups in total. The lowest BCUT2D eigenvalue weighted by molar-refractivity contribution is 0.104. The Bertz CT molecular complexity index is 710. The number of H-pyrrole nitrogens is 1. The first-order valence-electron chi connectivity index (χ1n) is 5.93. The summed E-state index contributed by atoms with van der Waals surface area (Å²) >= 11 is 0. The van der Waals surface area contributed by atoms with Crippen molar-refractivity contribution >= 4 is 16.7 Å². The molecule has 0 saturated heterocycles. The summed E-state index contributed by atoms with van der Waals surface area (Å²) in [6.07, 6.45) is 1.87. The minimum Gasteiger partial charge on any atom is -0.361 e. The Kier molecular flexibility index (Phi) is 2.49. The Morgan fingerprint density at radius 2 is 1.83 bits per heavy atom. The van der Waals surface area contributed by atoms with Crippen LogP contribution in [0.4, 0.5) is 0 Å². The largest absolute Gasteiger partial charge is 0.361 e. The van der Waals surface area contributed by atoms with Crippen molar-refractivity contribution in [3.8, 4) is 0 Å². The van der Waals surface area contributed by atoms with Gasteiger partial charge in [-0.2, -0.15) is 0 Å². The molecule has 18 heavy (non-hydrogen) atoms. The summed E-state index contributed by atoms with van der Waals surface area (Å²) in [5, 5.41) is 1.08. The summed E-state index contributed by atoms with van der Waals surface area (Å²) in [7, 11) is 0. The summed E-state index contributed by atoms with van der Waals surface area (Å²) < 4.78 is 0. The van der Waals surface area contributed by atoms with E-state index in [0.717, 1.165) is 27.6 Å².